The Bertz CT molecular complexity index is 754. The fourth-order valence-electron chi connectivity index (χ4n) is 2.85. The quantitative estimate of drug-likeness (QED) is 0.938. The first-order chi connectivity index (χ1) is 11.1. The number of aryl methyl sites for hydroxylation is 2. The van der Waals surface area contributed by atoms with E-state index in [0.29, 0.717) is 19.2 Å². The Labute approximate surface area is 139 Å². The van der Waals surface area contributed by atoms with Crippen LogP contribution in [0.15, 0.2) is 12.1 Å². The molecule has 1 aliphatic carbocycles. The van der Waals surface area contributed by atoms with E-state index < -0.39 is 0 Å². The van der Waals surface area contributed by atoms with E-state index in [0.717, 1.165) is 30.0 Å². The Morgan fingerprint density at radius 3 is 3.00 bits per heavy atom. The van der Waals surface area contributed by atoms with Gasteiger partial charge in [0, 0.05) is 12.6 Å². The minimum atomic E-state index is -0.390. The van der Waals surface area contributed by atoms with Gasteiger partial charge in [0.15, 0.2) is 11.2 Å². The van der Waals surface area contributed by atoms with Gasteiger partial charge in [-0.1, -0.05) is 17.4 Å². The first-order valence-corrected chi connectivity index (χ1v) is 8.97. The lowest BCUT2D eigenvalue weighted by atomic mass is 10.1. The van der Waals surface area contributed by atoms with Crippen molar-refractivity contribution in [3.05, 3.63) is 23.3 Å². The summed E-state index contributed by atoms with van der Waals surface area (Å²) >= 11 is 1.69. The predicted molar refractivity (Wildman–Crippen MR) is 92.2 cm³/mol. The molecule has 0 radical (unpaired) electrons. The first kappa shape index (κ1) is 14.9. The molecule has 122 valence electrons. The van der Waals surface area contributed by atoms with Crippen LogP contribution in [0, 0.1) is 13.8 Å². The molecule has 2 fully saturated rings. The summed E-state index contributed by atoms with van der Waals surface area (Å²) < 4.78 is 6.86. The number of hydrogen-bond donors (Lipinski definition) is 1. The van der Waals surface area contributed by atoms with E-state index in [-0.39, 0.29) is 12.0 Å². The number of aromatic nitrogens is 1. The van der Waals surface area contributed by atoms with Crippen molar-refractivity contribution in [3.63, 3.8) is 0 Å². The van der Waals surface area contributed by atoms with Crippen LogP contribution in [0.1, 0.15) is 24.0 Å². The predicted octanol–water partition coefficient (Wildman–Crippen LogP) is 2.40. The molecular formula is C17H21N3O2S. The summed E-state index contributed by atoms with van der Waals surface area (Å²) in [4.78, 5) is 19.2. The highest BCUT2D eigenvalue weighted by Gasteiger charge is 2.32. The Hall–Kier alpha value is -1.66. The van der Waals surface area contributed by atoms with Crippen LogP contribution >= 0.6 is 11.3 Å². The standard InChI is InChI=1S/C17H21N3O2S/c1-10-3-6-14-15(11(10)2)19-17(23-14)20-7-8-22-13(9-20)16(21)18-12-4-5-12/h3,6,12-13H,4-5,7-9H2,1-2H3,(H,18,21). The van der Waals surface area contributed by atoms with Crippen molar-refractivity contribution in [2.45, 2.75) is 38.8 Å². The molecule has 6 heteroatoms. The maximum absolute atomic E-state index is 12.2. The van der Waals surface area contributed by atoms with Crippen LogP contribution in [0.2, 0.25) is 0 Å². The van der Waals surface area contributed by atoms with Crippen molar-refractivity contribution < 1.29 is 9.53 Å². The van der Waals surface area contributed by atoms with Gasteiger partial charge in [-0.25, -0.2) is 4.98 Å². The number of nitrogens with zero attached hydrogens (tertiary/aromatic N) is 2. The van der Waals surface area contributed by atoms with Crippen molar-refractivity contribution in [3.8, 4) is 0 Å². The second-order valence-corrected chi connectivity index (χ2v) is 7.45. The van der Waals surface area contributed by atoms with Crippen molar-refractivity contribution in [2.75, 3.05) is 24.6 Å². The average Bonchev–Trinajstić information content (AvgIpc) is 3.26. The number of benzene rings is 1. The van der Waals surface area contributed by atoms with E-state index in [1.807, 2.05) is 0 Å². The minimum Gasteiger partial charge on any atom is -0.365 e. The van der Waals surface area contributed by atoms with Crippen molar-refractivity contribution in [1.29, 1.82) is 0 Å². The van der Waals surface area contributed by atoms with Gasteiger partial charge in [0.1, 0.15) is 0 Å². The fourth-order valence-corrected chi connectivity index (χ4v) is 3.91. The number of fused-ring (bicyclic) bond motifs is 1. The fraction of sp³-hybridized carbons (Fsp3) is 0.529. The molecule has 1 saturated carbocycles. The van der Waals surface area contributed by atoms with Gasteiger partial charge in [0.2, 0.25) is 0 Å². The average molecular weight is 331 g/mol. The Morgan fingerprint density at radius 1 is 1.39 bits per heavy atom. The highest BCUT2D eigenvalue weighted by Crippen LogP contribution is 2.32. The molecule has 0 bridgehead atoms. The van der Waals surface area contributed by atoms with Gasteiger partial charge < -0.3 is 15.0 Å². The second-order valence-electron chi connectivity index (χ2n) is 6.44. The van der Waals surface area contributed by atoms with E-state index in [1.54, 1.807) is 11.3 Å². The molecular weight excluding hydrogens is 310 g/mol. The topological polar surface area (TPSA) is 54.5 Å². The largest absolute Gasteiger partial charge is 0.365 e. The number of anilines is 1. The molecule has 1 aromatic heterocycles. The molecule has 1 unspecified atom stereocenters. The molecule has 2 aliphatic rings. The number of hydrogen-bond acceptors (Lipinski definition) is 5. The summed E-state index contributed by atoms with van der Waals surface area (Å²) in [6, 6.07) is 4.65. The van der Waals surface area contributed by atoms with E-state index >= 15 is 0 Å². The third-order valence-corrected chi connectivity index (χ3v) is 5.71. The van der Waals surface area contributed by atoms with Gasteiger partial charge in [-0.2, -0.15) is 0 Å². The highest BCUT2D eigenvalue weighted by atomic mass is 32.1. The lowest BCUT2D eigenvalue weighted by Crippen LogP contribution is -2.50. The SMILES string of the molecule is Cc1ccc2sc(N3CCOC(C(=O)NC4CC4)C3)nc2c1C. The number of thiazole rings is 1. The van der Waals surface area contributed by atoms with E-state index in [1.165, 1.54) is 15.8 Å². The van der Waals surface area contributed by atoms with Crippen LogP contribution in [0.5, 0.6) is 0 Å². The molecule has 1 amide bonds. The van der Waals surface area contributed by atoms with Crippen LogP contribution in [0.3, 0.4) is 0 Å². The van der Waals surface area contributed by atoms with E-state index in [2.05, 4.69) is 36.2 Å². The lowest BCUT2D eigenvalue weighted by molar-refractivity contribution is -0.133. The van der Waals surface area contributed by atoms with Crippen LogP contribution < -0.4 is 10.2 Å². The van der Waals surface area contributed by atoms with Gasteiger partial charge in [-0.15, -0.1) is 0 Å². The summed E-state index contributed by atoms with van der Waals surface area (Å²) in [5, 5.41) is 4.02. The van der Waals surface area contributed by atoms with Gasteiger partial charge in [0.05, 0.1) is 23.4 Å². The molecule has 1 saturated heterocycles. The number of ether oxygens (including phenoxy) is 1. The van der Waals surface area contributed by atoms with Crippen LogP contribution in [-0.2, 0) is 9.53 Å². The normalized spacial score (nSPS) is 21.7. The number of carbonyl (C=O) groups is 1. The van der Waals surface area contributed by atoms with E-state index in [9.17, 15) is 4.79 Å². The number of carbonyl (C=O) groups excluding carboxylic acids is 1. The number of amides is 1. The van der Waals surface area contributed by atoms with Crippen LogP contribution in [-0.4, -0.2) is 42.7 Å². The highest BCUT2D eigenvalue weighted by molar-refractivity contribution is 7.22. The Balaban J connectivity index is 1.54. The monoisotopic (exact) mass is 331 g/mol. The van der Waals surface area contributed by atoms with Gasteiger partial charge in [-0.3, -0.25) is 4.79 Å². The summed E-state index contributed by atoms with van der Waals surface area (Å²) in [6.07, 6.45) is 1.80. The molecule has 4 rings (SSSR count). The maximum atomic E-state index is 12.2. The molecule has 5 nitrogen and oxygen atoms in total. The maximum Gasteiger partial charge on any atom is 0.251 e. The molecule has 1 N–H and O–H groups in total. The summed E-state index contributed by atoms with van der Waals surface area (Å²) in [7, 11) is 0. The van der Waals surface area contributed by atoms with E-state index in [4.69, 9.17) is 9.72 Å². The molecule has 1 atom stereocenters. The molecule has 2 aromatic rings. The molecule has 23 heavy (non-hydrogen) atoms. The van der Waals surface area contributed by atoms with Gasteiger partial charge in [-0.05, 0) is 43.9 Å². The molecule has 2 heterocycles. The summed E-state index contributed by atoms with van der Waals surface area (Å²) in [6.45, 7) is 6.16. The lowest BCUT2D eigenvalue weighted by Gasteiger charge is -2.31. The zero-order chi connectivity index (χ0) is 16.0. The van der Waals surface area contributed by atoms with Crippen molar-refractivity contribution >= 4 is 32.6 Å². The van der Waals surface area contributed by atoms with Gasteiger partial charge in [0.25, 0.3) is 5.91 Å². The molecule has 1 aliphatic heterocycles. The Kier molecular flexibility index (Phi) is 3.73. The zero-order valence-corrected chi connectivity index (χ0v) is 14.3. The third kappa shape index (κ3) is 2.93. The van der Waals surface area contributed by atoms with Crippen LogP contribution in [0.4, 0.5) is 5.13 Å². The molecule has 0 spiro atoms. The summed E-state index contributed by atoms with van der Waals surface area (Å²) in [5.41, 5.74) is 3.58. The first-order valence-electron chi connectivity index (χ1n) is 8.15. The minimum absolute atomic E-state index is 0.0188. The third-order valence-electron chi connectivity index (χ3n) is 4.63. The zero-order valence-electron chi connectivity index (χ0n) is 13.5. The number of nitrogens with one attached hydrogen (secondary N) is 1. The number of morpholine rings is 1. The molecule has 1 aromatic carbocycles. The summed E-state index contributed by atoms with van der Waals surface area (Å²) in [5.74, 6) is 0.0188. The Morgan fingerprint density at radius 2 is 2.22 bits per heavy atom. The van der Waals surface area contributed by atoms with Crippen LogP contribution in [0.25, 0.3) is 10.2 Å². The smallest absolute Gasteiger partial charge is 0.251 e. The number of rotatable bonds is 3. The van der Waals surface area contributed by atoms with Crippen molar-refractivity contribution in [2.24, 2.45) is 0 Å². The second kappa shape index (κ2) is 5.76. The van der Waals surface area contributed by atoms with Gasteiger partial charge >= 0.3 is 0 Å². The van der Waals surface area contributed by atoms with Crippen molar-refractivity contribution in [1.82, 2.24) is 10.3 Å².